The summed E-state index contributed by atoms with van der Waals surface area (Å²) in [6.45, 7) is 2.09. The number of rotatable bonds is 0. The van der Waals surface area contributed by atoms with Gasteiger partial charge in [0, 0.05) is 23.1 Å². The highest BCUT2D eigenvalue weighted by atomic mass is 14.9. The van der Waals surface area contributed by atoms with E-state index in [9.17, 15) is 0 Å². The van der Waals surface area contributed by atoms with Gasteiger partial charge in [0.1, 0.15) is 0 Å². The molecule has 0 saturated carbocycles. The highest BCUT2D eigenvalue weighted by Gasteiger charge is 2.12. The number of hydrogen-bond donors (Lipinski definition) is 2. The first kappa shape index (κ1) is 8.06. The molecule has 0 atom stereocenters. The Labute approximate surface area is 83.3 Å². The van der Waals surface area contributed by atoms with E-state index in [1.807, 2.05) is 12.1 Å². The second-order valence-electron chi connectivity index (χ2n) is 3.82. The predicted molar refractivity (Wildman–Crippen MR) is 57.2 cm³/mol. The molecule has 1 radical (unpaired) electrons. The molecule has 3 rings (SSSR count). The Bertz CT molecular complexity index is 456. The first-order valence-electron chi connectivity index (χ1n) is 5.16. The van der Waals surface area contributed by atoms with Crippen molar-refractivity contribution in [1.29, 1.82) is 0 Å². The van der Waals surface area contributed by atoms with Crippen LogP contribution in [-0.2, 0) is 13.0 Å². The lowest BCUT2D eigenvalue weighted by molar-refractivity contribution is 0.675. The third-order valence-electron chi connectivity index (χ3n) is 2.89. The number of aromatic nitrogens is 1. The fourth-order valence-electron chi connectivity index (χ4n) is 2.21. The lowest BCUT2D eigenvalue weighted by atomic mass is 10.1. The SMILES string of the molecule is [c]1cccc2[nH]c3c(c12)CCCNC3. The minimum atomic E-state index is 0.970. The number of aryl methyl sites for hydroxylation is 1. The van der Waals surface area contributed by atoms with Gasteiger partial charge in [-0.1, -0.05) is 12.1 Å². The maximum atomic E-state index is 3.46. The molecule has 1 aliphatic heterocycles. The number of H-pyrrole nitrogens is 1. The van der Waals surface area contributed by atoms with Crippen molar-refractivity contribution in [3.05, 3.63) is 35.5 Å². The summed E-state index contributed by atoms with van der Waals surface area (Å²) in [6.07, 6.45) is 2.39. The second kappa shape index (κ2) is 3.14. The fourth-order valence-corrected chi connectivity index (χ4v) is 2.21. The average molecular weight is 185 g/mol. The zero-order valence-electron chi connectivity index (χ0n) is 8.06. The summed E-state index contributed by atoms with van der Waals surface area (Å²) in [5, 5.41) is 4.70. The van der Waals surface area contributed by atoms with Gasteiger partial charge in [-0.2, -0.15) is 0 Å². The number of fused-ring (bicyclic) bond motifs is 3. The molecule has 2 aromatic rings. The molecule has 0 amide bonds. The second-order valence-corrected chi connectivity index (χ2v) is 3.82. The summed E-state index contributed by atoms with van der Waals surface area (Å²) in [6, 6.07) is 9.48. The molecule has 0 saturated heterocycles. The van der Waals surface area contributed by atoms with Crippen molar-refractivity contribution in [3.8, 4) is 0 Å². The van der Waals surface area contributed by atoms with E-state index in [0.29, 0.717) is 0 Å². The largest absolute Gasteiger partial charge is 0.357 e. The Balaban J connectivity index is 2.24. The molecule has 2 N–H and O–H groups in total. The first-order valence-corrected chi connectivity index (χ1v) is 5.16. The summed E-state index contributed by atoms with van der Waals surface area (Å²) in [7, 11) is 0. The molecule has 0 fully saturated rings. The normalized spacial score (nSPS) is 16.6. The quantitative estimate of drug-likeness (QED) is 0.645. The van der Waals surface area contributed by atoms with Crippen LogP contribution in [0.1, 0.15) is 17.7 Å². The van der Waals surface area contributed by atoms with E-state index in [2.05, 4.69) is 22.4 Å². The number of benzene rings is 1. The van der Waals surface area contributed by atoms with E-state index in [0.717, 1.165) is 13.1 Å². The molecular formula is C12H13N2. The van der Waals surface area contributed by atoms with Crippen LogP contribution in [0.2, 0.25) is 0 Å². The molecule has 71 valence electrons. The lowest BCUT2D eigenvalue weighted by Gasteiger charge is -1.96. The third-order valence-corrected chi connectivity index (χ3v) is 2.89. The Morgan fingerprint density at radius 3 is 3.36 bits per heavy atom. The van der Waals surface area contributed by atoms with Crippen LogP contribution in [0.4, 0.5) is 0 Å². The standard InChI is InChI=1S/C12H13N2/c1-2-6-11-9(4-1)10-5-3-7-13-8-12(10)14-11/h1-2,6,13-14H,3,5,7-8H2. The topological polar surface area (TPSA) is 27.8 Å². The van der Waals surface area contributed by atoms with Gasteiger partial charge in [-0.25, -0.2) is 0 Å². The maximum absolute atomic E-state index is 3.46. The van der Waals surface area contributed by atoms with Crippen LogP contribution in [0, 0.1) is 6.07 Å². The minimum Gasteiger partial charge on any atom is -0.357 e. The van der Waals surface area contributed by atoms with Gasteiger partial charge in [-0.05, 0) is 37.1 Å². The van der Waals surface area contributed by atoms with Crippen molar-refractivity contribution < 1.29 is 0 Å². The van der Waals surface area contributed by atoms with Crippen molar-refractivity contribution >= 4 is 10.9 Å². The van der Waals surface area contributed by atoms with E-state index in [1.165, 1.54) is 35.0 Å². The van der Waals surface area contributed by atoms with Crippen molar-refractivity contribution in [2.45, 2.75) is 19.4 Å². The first-order chi connectivity index (χ1) is 6.95. The molecule has 0 unspecified atom stereocenters. The van der Waals surface area contributed by atoms with Crippen LogP contribution in [-0.4, -0.2) is 11.5 Å². The average Bonchev–Trinajstić information content (AvgIpc) is 2.42. The number of nitrogens with one attached hydrogen (secondary N) is 2. The van der Waals surface area contributed by atoms with Gasteiger partial charge in [0.25, 0.3) is 0 Å². The van der Waals surface area contributed by atoms with Crippen molar-refractivity contribution in [2.75, 3.05) is 6.54 Å². The third kappa shape index (κ3) is 1.15. The molecule has 14 heavy (non-hydrogen) atoms. The molecule has 0 aliphatic carbocycles. The number of aromatic amines is 1. The zero-order valence-corrected chi connectivity index (χ0v) is 8.06. The highest BCUT2D eigenvalue weighted by molar-refractivity contribution is 5.84. The van der Waals surface area contributed by atoms with Gasteiger partial charge in [-0.15, -0.1) is 0 Å². The fraction of sp³-hybridized carbons (Fsp3) is 0.333. The van der Waals surface area contributed by atoms with Gasteiger partial charge in [0.2, 0.25) is 0 Å². The maximum Gasteiger partial charge on any atom is 0.0465 e. The number of hydrogen-bond acceptors (Lipinski definition) is 1. The molecule has 1 aromatic heterocycles. The zero-order chi connectivity index (χ0) is 9.38. The van der Waals surface area contributed by atoms with E-state index < -0.39 is 0 Å². The summed E-state index contributed by atoms with van der Waals surface area (Å²) in [4.78, 5) is 3.46. The molecule has 1 aromatic carbocycles. The molecule has 0 bridgehead atoms. The molecule has 0 spiro atoms. The van der Waals surface area contributed by atoms with Crippen LogP contribution in [0.15, 0.2) is 18.2 Å². The summed E-state index contributed by atoms with van der Waals surface area (Å²) < 4.78 is 0. The van der Waals surface area contributed by atoms with Gasteiger partial charge < -0.3 is 10.3 Å². The molecule has 2 heterocycles. The summed E-state index contributed by atoms with van der Waals surface area (Å²) in [5.41, 5.74) is 4.03. The van der Waals surface area contributed by atoms with Crippen LogP contribution in [0.25, 0.3) is 10.9 Å². The van der Waals surface area contributed by atoms with Gasteiger partial charge >= 0.3 is 0 Å². The van der Waals surface area contributed by atoms with E-state index in [4.69, 9.17) is 0 Å². The van der Waals surface area contributed by atoms with Crippen molar-refractivity contribution in [2.24, 2.45) is 0 Å². The van der Waals surface area contributed by atoms with Crippen LogP contribution in [0.3, 0.4) is 0 Å². The van der Waals surface area contributed by atoms with Gasteiger partial charge in [0.15, 0.2) is 0 Å². The monoisotopic (exact) mass is 185 g/mol. The van der Waals surface area contributed by atoms with Crippen LogP contribution < -0.4 is 5.32 Å². The van der Waals surface area contributed by atoms with Crippen LogP contribution >= 0.6 is 0 Å². The van der Waals surface area contributed by atoms with Crippen molar-refractivity contribution in [3.63, 3.8) is 0 Å². The molecule has 2 nitrogen and oxygen atoms in total. The molecule has 2 heteroatoms. The molecular weight excluding hydrogens is 172 g/mol. The van der Waals surface area contributed by atoms with Crippen LogP contribution in [0.5, 0.6) is 0 Å². The lowest BCUT2D eigenvalue weighted by Crippen LogP contribution is -2.12. The van der Waals surface area contributed by atoms with Gasteiger partial charge in [-0.3, -0.25) is 0 Å². The highest BCUT2D eigenvalue weighted by Crippen LogP contribution is 2.24. The Kier molecular flexibility index (Phi) is 1.81. The van der Waals surface area contributed by atoms with E-state index in [1.54, 1.807) is 0 Å². The predicted octanol–water partition coefficient (Wildman–Crippen LogP) is 2.00. The summed E-state index contributed by atoms with van der Waals surface area (Å²) >= 11 is 0. The minimum absolute atomic E-state index is 0.970. The Hall–Kier alpha value is -1.28. The Morgan fingerprint density at radius 1 is 1.36 bits per heavy atom. The van der Waals surface area contributed by atoms with Gasteiger partial charge in [0.05, 0.1) is 0 Å². The van der Waals surface area contributed by atoms with Crippen molar-refractivity contribution in [1.82, 2.24) is 10.3 Å². The van der Waals surface area contributed by atoms with E-state index >= 15 is 0 Å². The molecule has 1 aliphatic rings. The van der Waals surface area contributed by atoms with E-state index in [-0.39, 0.29) is 0 Å². The Morgan fingerprint density at radius 2 is 2.36 bits per heavy atom. The summed E-state index contributed by atoms with van der Waals surface area (Å²) in [5.74, 6) is 0. The smallest absolute Gasteiger partial charge is 0.0465 e.